The summed E-state index contributed by atoms with van der Waals surface area (Å²) in [5.74, 6) is -0.106. The van der Waals surface area contributed by atoms with Crippen LogP contribution in [0.15, 0.2) is 77.6 Å². The first-order valence-corrected chi connectivity index (χ1v) is 13.4. The lowest BCUT2D eigenvalue weighted by atomic mass is 9.91. The van der Waals surface area contributed by atoms with E-state index in [9.17, 15) is 19.1 Å². The van der Waals surface area contributed by atoms with Crippen LogP contribution in [0.4, 0.5) is 4.39 Å². The molecule has 6 nitrogen and oxygen atoms in total. The molecule has 1 aromatic heterocycles. The average molecular weight is 544 g/mol. The highest BCUT2D eigenvalue weighted by Crippen LogP contribution is 2.52. The van der Waals surface area contributed by atoms with Gasteiger partial charge in [-0.3, -0.25) is 9.59 Å². The fourth-order valence-corrected chi connectivity index (χ4v) is 5.65. The molecule has 1 fully saturated rings. The quantitative estimate of drug-likeness (QED) is 0.357. The summed E-state index contributed by atoms with van der Waals surface area (Å²) in [5, 5.41) is 11.1. The third-order valence-corrected chi connectivity index (χ3v) is 8.03. The van der Waals surface area contributed by atoms with Crippen molar-refractivity contribution in [2.45, 2.75) is 43.7 Å². The van der Waals surface area contributed by atoms with E-state index < -0.39 is 12.0 Å². The highest BCUT2D eigenvalue weighted by molar-refractivity contribution is 6.30. The van der Waals surface area contributed by atoms with E-state index in [1.807, 2.05) is 18.2 Å². The minimum absolute atomic E-state index is 0.0848. The molecule has 2 heterocycles. The molecule has 0 spiro atoms. The van der Waals surface area contributed by atoms with E-state index in [2.05, 4.69) is 11.1 Å². The molecule has 0 saturated heterocycles. The number of nitrogens with zero attached hydrogens (tertiary/aromatic N) is 2. The monoisotopic (exact) mass is 543 g/mol. The van der Waals surface area contributed by atoms with Crippen LogP contribution in [0.3, 0.4) is 0 Å². The van der Waals surface area contributed by atoms with Gasteiger partial charge in [0.05, 0.1) is 23.2 Å². The van der Waals surface area contributed by atoms with Crippen molar-refractivity contribution in [3.63, 3.8) is 0 Å². The molecule has 1 unspecified atom stereocenters. The molecule has 1 atom stereocenters. The van der Waals surface area contributed by atoms with Gasteiger partial charge in [-0.2, -0.15) is 0 Å². The van der Waals surface area contributed by atoms with Crippen molar-refractivity contribution < 1.29 is 14.3 Å². The lowest BCUT2D eigenvalue weighted by Gasteiger charge is -2.24. The lowest BCUT2D eigenvalue weighted by Crippen LogP contribution is -2.36. The third-order valence-electron chi connectivity index (χ3n) is 7.80. The number of amides is 1. The number of carbonyl (C=O) groups is 1. The second-order valence-electron chi connectivity index (χ2n) is 10.3. The smallest absolute Gasteiger partial charge is 0.256 e. The number of aromatic amines is 1. The molecule has 39 heavy (non-hydrogen) atoms. The normalized spacial score (nSPS) is 16.7. The Hall–Kier alpha value is -3.81. The van der Waals surface area contributed by atoms with E-state index in [0.717, 1.165) is 29.5 Å². The van der Waals surface area contributed by atoms with Crippen molar-refractivity contribution in [2.24, 2.45) is 0 Å². The average Bonchev–Trinajstić information content (AvgIpc) is 3.77. The van der Waals surface area contributed by atoms with Gasteiger partial charge in [0.25, 0.3) is 11.5 Å². The highest BCUT2D eigenvalue weighted by Gasteiger charge is 2.49. The fraction of sp³-hybridized carbons (Fsp3) is 0.258. The summed E-state index contributed by atoms with van der Waals surface area (Å²) in [4.78, 5) is 36.0. The van der Waals surface area contributed by atoms with Crippen LogP contribution >= 0.6 is 11.6 Å². The number of H-pyrrole nitrogens is 1. The first-order chi connectivity index (χ1) is 18.8. The molecule has 2 aliphatic rings. The van der Waals surface area contributed by atoms with Gasteiger partial charge in [0.2, 0.25) is 0 Å². The summed E-state index contributed by atoms with van der Waals surface area (Å²) in [6, 6.07) is 21.1. The summed E-state index contributed by atoms with van der Waals surface area (Å²) in [6.07, 6.45) is 1.55. The maximum Gasteiger partial charge on any atom is 0.256 e. The van der Waals surface area contributed by atoms with Gasteiger partial charge >= 0.3 is 0 Å². The minimum atomic E-state index is -1.36. The predicted molar refractivity (Wildman–Crippen MR) is 147 cm³/mol. The van der Waals surface area contributed by atoms with Gasteiger partial charge in [-0.05, 0) is 72.2 Å². The molecule has 1 saturated carbocycles. The Morgan fingerprint density at radius 2 is 1.82 bits per heavy atom. The standard InChI is InChI=1S/C31H27ClFN3O3/c32-23-7-2-5-21(17-23)27(37)29(39)36-15-3-8-26-25(18-36)28(38)35-30(34-26)31(13-14-31)22-6-1-4-20(16-22)19-9-11-24(33)12-10-19/h1-2,4-7,9-12,16-17,27,37H,3,8,13-15,18H2,(H,34,35,38). The zero-order valence-corrected chi connectivity index (χ0v) is 21.9. The van der Waals surface area contributed by atoms with Crippen LogP contribution in [0, 0.1) is 5.82 Å². The maximum absolute atomic E-state index is 13.4. The summed E-state index contributed by atoms with van der Waals surface area (Å²) < 4.78 is 13.4. The summed E-state index contributed by atoms with van der Waals surface area (Å²) in [6.45, 7) is 0.494. The Labute approximate surface area is 230 Å². The molecule has 198 valence electrons. The first kappa shape index (κ1) is 25.5. The van der Waals surface area contributed by atoms with E-state index >= 15 is 0 Å². The van der Waals surface area contributed by atoms with Crippen molar-refractivity contribution in [2.75, 3.05) is 6.54 Å². The number of aromatic nitrogens is 2. The molecular formula is C31H27ClFN3O3. The Morgan fingerprint density at radius 3 is 2.56 bits per heavy atom. The number of aliphatic hydroxyl groups excluding tert-OH is 1. The summed E-state index contributed by atoms with van der Waals surface area (Å²) in [7, 11) is 0. The molecule has 1 aliphatic carbocycles. The van der Waals surface area contributed by atoms with Gasteiger partial charge in [-0.25, -0.2) is 9.37 Å². The maximum atomic E-state index is 13.4. The second kappa shape index (κ2) is 10.1. The SMILES string of the molecule is O=C(C(O)c1cccc(Cl)c1)N1CCCc2nc(C3(c4cccc(-c5ccc(F)cc5)c4)CC3)[nH]c(=O)c2C1. The zero-order chi connectivity index (χ0) is 27.1. The fourth-order valence-electron chi connectivity index (χ4n) is 5.45. The van der Waals surface area contributed by atoms with E-state index in [4.69, 9.17) is 16.6 Å². The molecule has 1 amide bonds. The Balaban J connectivity index is 1.28. The van der Waals surface area contributed by atoms with Crippen molar-refractivity contribution in [1.82, 2.24) is 14.9 Å². The van der Waals surface area contributed by atoms with Crippen LogP contribution in [-0.2, 0) is 23.2 Å². The van der Waals surface area contributed by atoms with Crippen molar-refractivity contribution in [1.29, 1.82) is 0 Å². The van der Waals surface area contributed by atoms with Crippen LogP contribution in [0.1, 0.15) is 53.6 Å². The van der Waals surface area contributed by atoms with Gasteiger partial charge in [-0.15, -0.1) is 0 Å². The second-order valence-corrected chi connectivity index (χ2v) is 10.8. The number of aliphatic hydroxyl groups is 1. The summed E-state index contributed by atoms with van der Waals surface area (Å²) >= 11 is 6.04. The van der Waals surface area contributed by atoms with Gasteiger partial charge in [0.15, 0.2) is 6.10 Å². The first-order valence-electron chi connectivity index (χ1n) is 13.1. The molecule has 1 aliphatic heterocycles. The molecule has 3 aromatic carbocycles. The number of benzene rings is 3. The van der Waals surface area contributed by atoms with E-state index in [-0.39, 0.29) is 23.3 Å². The number of carbonyl (C=O) groups excluding carboxylic acids is 1. The van der Waals surface area contributed by atoms with Gasteiger partial charge < -0.3 is 15.0 Å². The topological polar surface area (TPSA) is 86.3 Å². The zero-order valence-electron chi connectivity index (χ0n) is 21.2. The molecule has 8 heteroatoms. The van der Waals surface area contributed by atoms with Crippen LogP contribution < -0.4 is 5.56 Å². The number of halogens is 2. The molecule has 4 aromatic rings. The van der Waals surface area contributed by atoms with Crippen LogP contribution in [0.2, 0.25) is 5.02 Å². The number of aryl methyl sites for hydroxylation is 1. The Bertz CT molecular complexity index is 1610. The number of fused-ring (bicyclic) bond motifs is 1. The number of hydrogen-bond acceptors (Lipinski definition) is 4. The third kappa shape index (κ3) is 4.88. The molecule has 0 radical (unpaired) electrons. The number of hydrogen-bond donors (Lipinski definition) is 2. The van der Waals surface area contributed by atoms with Crippen molar-refractivity contribution >= 4 is 17.5 Å². The molecule has 0 bridgehead atoms. The Morgan fingerprint density at radius 1 is 1.05 bits per heavy atom. The van der Waals surface area contributed by atoms with Crippen LogP contribution in [0.5, 0.6) is 0 Å². The minimum Gasteiger partial charge on any atom is -0.378 e. The molecule has 6 rings (SSSR count). The Kier molecular flexibility index (Phi) is 6.57. The van der Waals surface area contributed by atoms with E-state index in [0.29, 0.717) is 47.1 Å². The number of nitrogens with one attached hydrogen (secondary N) is 1. The van der Waals surface area contributed by atoms with E-state index in [1.54, 1.807) is 36.4 Å². The van der Waals surface area contributed by atoms with E-state index in [1.165, 1.54) is 17.0 Å². The van der Waals surface area contributed by atoms with Gasteiger partial charge in [-0.1, -0.05) is 60.1 Å². The van der Waals surface area contributed by atoms with Crippen LogP contribution in [-0.4, -0.2) is 32.4 Å². The van der Waals surface area contributed by atoms with Crippen molar-refractivity contribution in [3.8, 4) is 11.1 Å². The van der Waals surface area contributed by atoms with Crippen molar-refractivity contribution in [3.05, 3.63) is 122 Å². The highest BCUT2D eigenvalue weighted by atomic mass is 35.5. The largest absolute Gasteiger partial charge is 0.378 e. The van der Waals surface area contributed by atoms with Gasteiger partial charge in [0.1, 0.15) is 11.6 Å². The summed E-state index contributed by atoms with van der Waals surface area (Å²) in [5.41, 5.74) is 3.88. The molecule has 2 N–H and O–H groups in total. The number of rotatable bonds is 5. The predicted octanol–water partition coefficient (Wildman–Crippen LogP) is 5.32. The lowest BCUT2D eigenvalue weighted by molar-refractivity contribution is -0.141. The molecular weight excluding hydrogens is 517 g/mol. The van der Waals surface area contributed by atoms with Gasteiger partial charge in [0, 0.05) is 11.6 Å². The van der Waals surface area contributed by atoms with Crippen LogP contribution in [0.25, 0.3) is 11.1 Å².